The molecular weight excluding hydrogens is 396 g/mol. The minimum absolute atomic E-state index is 0. The molecule has 2 aromatic rings. The molecule has 5 nitrogen and oxygen atoms in total. The largest absolute Gasteiger partial charge is 0.352 e. The summed E-state index contributed by atoms with van der Waals surface area (Å²) in [5, 5.41) is 3.23. The number of guanidine groups is 1. The molecule has 0 amide bonds. The molecule has 7 heteroatoms. The van der Waals surface area contributed by atoms with Crippen LogP contribution in [0.1, 0.15) is 11.4 Å². The summed E-state index contributed by atoms with van der Waals surface area (Å²) in [5.41, 5.74) is 1.40. The van der Waals surface area contributed by atoms with Crippen molar-refractivity contribution >= 4 is 29.9 Å². The van der Waals surface area contributed by atoms with Crippen molar-refractivity contribution in [3.05, 3.63) is 47.8 Å². The standard InChI is InChI=1S/C15H18FN5.HI/c1-11-17-6-8-21(11)14-4-3-12(9-13(14)16)10-19-15-18-5-7-20(15)2;/h3-4,6,8-9H,5,7,10H2,1-2H3,(H,18,19);1H. The molecule has 0 atom stereocenters. The number of aryl methyl sites for hydroxylation is 1. The highest BCUT2D eigenvalue weighted by Crippen LogP contribution is 2.16. The number of halogens is 2. The van der Waals surface area contributed by atoms with Crippen molar-refractivity contribution in [3.63, 3.8) is 0 Å². The summed E-state index contributed by atoms with van der Waals surface area (Å²) in [7, 11) is 1.99. The van der Waals surface area contributed by atoms with Crippen molar-refractivity contribution in [1.29, 1.82) is 0 Å². The zero-order valence-electron chi connectivity index (χ0n) is 12.6. The number of aliphatic imine (C=N–C) groups is 1. The fourth-order valence-corrected chi connectivity index (χ4v) is 2.39. The Bertz CT molecular complexity index is 682. The molecule has 0 bridgehead atoms. The Morgan fingerprint density at radius 2 is 2.18 bits per heavy atom. The van der Waals surface area contributed by atoms with Crippen LogP contribution in [0, 0.1) is 12.7 Å². The van der Waals surface area contributed by atoms with Crippen molar-refractivity contribution in [2.45, 2.75) is 13.5 Å². The smallest absolute Gasteiger partial charge is 0.194 e. The van der Waals surface area contributed by atoms with Gasteiger partial charge in [-0.25, -0.2) is 9.37 Å². The lowest BCUT2D eigenvalue weighted by atomic mass is 10.2. The van der Waals surface area contributed by atoms with Gasteiger partial charge in [0.2, 0.25) is 0 Å². The van der Waals surface area contributed by atoms with Crippen molar-refractivity contribution < 1.29 is 4.39 Å². The third kappa shape index (κ3) is 3.40. The van der Waals surface area contributed by atoms with Gasteiger partial charge in [0, 0.05) is 32.5 Å². The number of benzene rings is 1. The number of imidazole rings is 1. The predicted molar refractivity (Wildman–Crippen MR) is 95.4 cm³/mol. The first-order valence-electron chi connectivity index (χ1n) is 6.93. The lowest BCUT2D eigenvalue weighted by Gasteiger charge is -2.15. The molecule has 2 heterocycles. The van der Waals surface area contributed by atoms with E-state index < -0.39 is 0 Å². The first kappa shape index (κ1) is 16.7. The number of hydrogen-bond donors (Lipinski definition) is 1. The van der Waals surface area contributed by atoms with E-state index >= 15 is 0 Å². The maximum atomic E-state index is 14.3. The second kappa shape index (κ2) is 7.08. The molecule has 0 radical (unpaired) electrons. The SMILES string of the molecule is Cc1nccn1-c1ccc(CNC2=NCCN2C)cc1F.I. The summed E-state index contributed by atoms with van der Waals surface area (Å²) in [6, 6.07) is 5.25. The van der Waals surface area contributed by atoms with Gasteiger partial charge in [0.05, 0.1) is 12.2 Å². The fraction of sp³-hybridized carbons (Fsp3) is 0.333. The van der Waals surface area contributed by atoms with Gasteiger partial charge in [-0.2, -0.15) is 0 Å². The van der Waals surface area contributed by atoms with Crippen LogP contribution in [0.15, 0.2) is 35.6 Å². The number of rotatable bonds is 3. The van der Waals surface area contributed by atoms with E-state index in [1.54, 1.807) is 29.1 Å². The van der Waals surface area contributed by atoms with E-state index in [1.807, 2.05) is 20.0 Å². The highest BCUT2D eigenvalue weighted by molar-refractivity contribution is 14.0. The second-order valence-corrected chi connectivity index (χ2v) is 5.11. The molecule has 3 rings (SSSR count). The van der Waals surface area contributed by atoms with Crippen LogP contribution in [0.25, 0.3) is 5.69 Å². The summed E-state index contributed by atoms with van der Waals surface area (Å²) >= 11 is 0. The number of aromatic nitrogens is 2. The van der Waals surface area contributed by atoms with Gasteiger partial charge in [-0.3, -0.25) is 4.99 Å². The zero-order chi connectivity index (χ0) is 14.8. The third-order valence-corrected chi connectivity index (χ3v) is 3.61. The highest BCUT2D eigenvalue weighted by Gasteiger charge is 2.12. The Morgan fingerprint density at radius 3 is 2.77 bits per heavy atom. The Kier molecular flexibility index (Phi) is 5.38. The number of nitrogens with one attached hydrogen (secondary N) is 1. The van der Waals surface area contributed by atoms with Crippen molar-refractivity contribution in [1.82, 2.24) is 19.8 Å². The van der Waals surface area contributed by atoms with E-state index in [0.29, 0.717) is 12.2 Å². The summed E-state index contributed by atoms with van der Waals surface area (Å²) in [5.74, 6) is 1.38. The molecule has 0 fully saturated rings. The van der Waals surface area contributed by atoms with E-state index in [4.69, 9.17) is 0 Å². The quantitative estimate of drug-likeness (QED) is 0.783. The monoisotopic (exact) mass is 415 g/mol. The van der Waals surface area contributed by atoms with Crippen molar-refractivity contribution in [2.24, 2.45) is 4.99 Å². The first-order valence-corrected chi connectivity index (χ1v) is 6.93. The maximum absolute atomic E-state index is 14.3. The Balaban J connectivity index is 0.00000176. The molecule has 0 unspecified atom stereocenters. The summed E-state index contributed by atoms with van der Waals surface area (Å²) in [6.45, 7) is 4.15. The average molecular weight is 415 g/mol. The molecule has 1 aromatic carbocycles. The topological polar surface area (TPSA) is 45.5 Å². The highest BCUT2D eigenvalue weighted by atomic mass is 127. The molecule has 0 saturated heterocycles. The maximum Gasteiger partial charge on any atom is 0.194 e. The predicted octanol–water partition coefficient (Wildman–Crippen LogP) is 2.33. The van der Waals surface area contributed by atoms with Gasteiger partial charge in [0.15, 0.2) is 5.96 Å². The van der Waals surface area contributed by atoms with Crippen molar-refractivity contribution in [3.8, 4) is 5.69 Å². The normalized spacial score (nSPS) is 13.8. The van der Waals surface area contributed by atoms with Crippen LogP contribution in [0.2, 0.25) is 0 Å². The van der Waals surface area contributed by atoms with E-state index in [9.17, 15) is 4.39 Å². The van der Waals surface area contributed by atoms with Gasteiger partial charge in [-0.15, -0.1) is 24.0 Å². The molecule has 1 aliphatic heterocycles. The number of likely N-dealkylation sites (N-methyl/N-ethyl adjacent to an activating group) is 1. The third-order valence-electron chi connectivity index (χ3n) is 3.61. The van der Waals surface area contributed by atoms with E-state index in [1.165, 1.54) is 0 Å². The van der Waals surface area contributed by atoms with Gasteiger partial charge in [0.1, 0.15) is 11.6 Å². The van der Waals surface area contributed by atoms with Crippen LogP contribution in [-0.2, 0) is 6.54 Å². The lowest BCUT2D eigenvalue weighted by Crippen LogP contribution is -2.35. The van der Waals surface area contributed by atoms with Gasteiger partial charge in [-0.05, 0) is 24.6 Å². The van der Waals surface area contributed by atoms with Crippen molar-refractivity contribution in [2.75, 3.05) is 20.1 Å². The first-order chi connectivity index (χ1) is 10.1. The minimum atomic E-state index is -0.253. The van der Waals surface area contributed by atoms with E-state index in [-0.39, 0.29) is 29.8 Å². The molecule has 0 saturated carbocycles. The minimum Gasteiger partial charge on any atom is -0.352 e. The van der Waals surface area contributed by atoms with Gasteiger partial charge in [0.25, 0.3) is 0 Å². The van der Waals surface area contributed by atoms with Crippen LogP contribution in [0.5, 0.6) is 0 Å². The van der Waals surface area contributed by atoms with Gasteiger partial charge < -0.3 is 14.8 Å². The Morgan fingerprint density at radius 1 is 1.36 bits per heavy atom. The van der Waals surface area contributed by atoms with E-state index in [0.717, 1.165) is 30.4 Å². The van der Waals surface area contributed by atoms with Crippen LogP contribution in [-0.4, -0.2) is 40.5 Å². The second-order valence-electron chi connectivity index (χ2n) is 5.11. The Hall–Kier alpha value is -1.64. The molecule has 118 valence electrons. The molecule has 0 spiro atoms. The van der Waals surface area contributed by atoms with Crippen LogP contribution in [0.4, 0.5) is 4.39 Å². The fourth-order valence-electron chi connectivity index (χ4n) is 2.39. The molecule has 1 aromatic heterocycles. The Labute approximate surface area is 146 Å². The zero-order valence-corrected chi connectivity index (χ0v) is 14.9. The molecular formula is C15H19FIN5. The van der Waals surface area contributed by atoms with Crippen LogP contribution < -0.4 is 5.32 Å². The van der Waals surface area contributed by atoms with Crippen LogP contribution in [0.3, 0.4) is 0 Å². The van der Waals surface area contributed by atoms with E-state index in [2.05, 4.69) is 20.2 Å². The summed E-state index contributed by atoms with van der Waals surface area (Å²) in [6.07, 6.45) is 3.42. The molecule has 22 heavy (non-hydrogen) atoms. The molecule has 1 N–H and O–H groups in total. The number of hydrogen-bond acceptors (Lipinski definition) is 4. The van der Waals surface area contributed by atoms with Gasteiger partial charge >= 0.3 is 0 Å². The van der Waals surface area contributed by atoms with Crippen LogP contribution >= 0.6 is 24.0 Å². The summed E-state index contributed by atoms with van der Waals surface area (Å²) in [4.78, 5) is 10.5. The summed E-state index contributed by atoms with van der Waals surface area (Å²) < 4.78 is 16.0. The average Bonchev–Trinajstić information content (AvgIpc) is 3.06. The molecule has 1 aliphatic rings. The molecule has 0 aliphatic carbocycles. The lowest BCUT2D eigenvalue weighted by molar-refractivity contribution is 0.533. The van der Waals surface area contributed by atoms with Gasteiger partial charge in [-0.1, -0.05) is 6.07 Å². The number of nitrogens with zero attached hydrogens (tertiary/aromatic N) is 4.